The first-order chi connectivity index (χ1) is 12.8. The zero-order valence-electron chi connectivity index (χ0n) is 16.2. The molecule has 1 N–H and O–H groups in total. The van der Waals surface area contributed by atoms with Gasteiger partial charge in [0.05, 0.1) is 6.61 Å². The molecule has 27 heavy (non-hydrogen) atoms. The Labute approximate surface area is 160 Å². The maximum Gasteiger partial charge on any atom is 0.190 e. The zero-order valence-corrected chi connectivity index (χ0v) is 16.2. The van der Waals surface area contributed by atoms with E-state index in [9.17, 15) is 14.7 Å². The lowest BCUT2D eigenvalue weighted by atomic mass is 9.90. The van der Waals surface area contributed by atoms with Crippen LogP contribution in [0.25, 0.3) is 0 Å². The monoisotopic (exact) mass is 372 g/mol. The number of Topliss-reactive ketones (excluding diaryl/α,β-unsaturated/α-hetero) is 1. The molecule has 0 aliphatic heterocycles. The fraction of sp³-hybridized carbons (Fsp3) is 0.455. The van der Waals surface area contributed by atoms with Crippen LogP contribution in [0.4, 0.5) is 0 Å². The lowest BCUT2D eigenvalue weighted by Gasteiger charge is -2.20. The van der Waals surface area contributed by atoms with E-state index in [-0.39, 0.29) is 17.5 Å². The third-order valence-electron chi connectivity index (χ3n) is 4.65. The van der Waals surface area contributed by atoms with Gasteiger partial charge in [-0.15, -0.1) is 0 Å². The summed E-state index contributed by atoms with van der Waals surface area (Å²) in [5.41, 5.74) is 0.536. The number of carbonyl (C=O) groups is 2. The van der Waals surface area contributed by atoms with Crippen molar-refractivity contribution in [2.45, 2.75) is 45.1 Å². The molecule has 1 aromatic rings. The second-order valence-electron chi connectivity index (χ2n) is 7.03. The summed E-state index contributed by atoms with van der Waals surface area (Å²) in [7, 11) is 0. The molecule has 0 saturated heterocycles. The van der Waals surface area contributed by atoms with E-state index in [1.54, 1.807) is 19.1 Å². The van der Waals surface area contributed by atoms with Crippen molar-refractivity contribution < 1.29 is 24.2 Å². The van der Waals surface area contributed by atoms with E-state index < -0.39 is 5.60 Å². The summed E-state index contributed by atoms with van der Waals surface area (Å²) in [6.45, 7) is 6.50. The van der Waals surface area contributed by atoms with Crippen molar-refractivity contribution in [3.05, 3.63) is 53.6 Å². The van der Waals surface area contributed by atoms with Gasteiger partial charge in [0.25, 0.3) is 0 Å². The van der Waals surface area contributed by atoms with Crippen LogP contribution in [0.3, 0.4) is 0 Å². The van der Waals surface area contributed by atoms with Gasteiger partial charge >= 0.3 is 0 Å². The van der Waals surface area contributed by atoms with Gasteiger partial charge in [-0.25, -0.2) is 0 Å². The van der Waals surface area contributed by atoms with Gasteiger partial charge in [0, 0.05) is 12.5 Å². The average Bonchev–Trinajstić information content (AvgIpc) is 2.63. The normalized spacial score (nSPS) is 20.3. The van der Waals surface area contributed by atoms with E-state index in [1.807, 2.05) is 31.2 Å². The summed E-state index contributed by atoms with van der Waals surface area (Å²) in [4.78, 5) is 22.9. The second kappa shape index (κ2) is 9.62. The summed E-state index contributed by atoms with van der Waals surface area (Å²) in [6, 6.07) is 7.55. The third kappa shape index (κ3) is 6.45. The summed E-state index contributed by atoms with van der Waals surface area (Å²) >= 11 is 0. The molecule has 146 valence electrons. The molecular weight excluding hydrogens is 344 g/mol. The summed E-state index contributed by atoms with van der Waals surface area (Å²) in [6.07, 6.45) is 6.33. The number of aliphatic hydroxyl groups is 1. The molecule has 1 aliphatic rings. The molecule has 0 heterocycles. The molecule has 2 unspecified atom stereocenters. The molecule has 1 aliphatic carbocycles. The van der Waals surface area contributed by atoms with Crippen LogP contribution in [0.15, 0.2) is 48.1 Å². The smallest absolute Gasteiger partial charge is 0.190 e. The van der Waals surface area contributed by atoms with Gasteiger partial charge in [-0.05, 0) is 62.1 Å². The highest BCUT2D eigenvalue weighted by atomic mass is 16.5. The topological polar surface area (TPSA) is 72.8 Å². The molecular formula is C22H28O5. The van der Waals surface area contributed by atoms with E-state index in [4.69, 9.17) is 9.47 Å². The van der Waals surface area contributed by atoms with E-state index in [1.165, 1.54) is 13.0 Å². The van der Waals surface area contributed by atoms with Crippen LogP contribution in [0, 0.1) is 0 Å². The Hall–Kier alpha value is -2.24. The number of carbonyl (C=O) groups excluding carboxylic acids is 2. The van der Waals surface area contributed by atoms with Gasteiger partial charge in [0.2, 0.25) is 0 Å². The minimum absolute atomic E-state index is 0.0988. The van der Waals surface area contributed by atoms with Crippen LogP contribution < -0.4 is 4.74 Å². The molecule has 0 spiro atoms. The molecule has 0 aromatic heterocycles. The van der Waals surface area contributed by atoms with Crippen molar-refractivity contribution in [1.82, 2.24) is 0 Å². The third-order valence-corrected chi connectivity index (χ3v) is 4.65. The van der Waals surface area contributed by atoms with Gasteiger partial charge in [-0.2, -0.15) is 0 Å². The maximum atomic E-state index is 11.5. The molecule has 0 fully saturated rings. The minimum Gasteiger partial charge on any atom is -0.491 e. The number of allylic oxidation sites excluding steroid dienone is 2. The molecule has 5 nitrogen and oxygen atoms in total. The first-order valence-electron chi connectivity index (χ1n) is 9.27. The van der Waals surface area contributed by atoms with Crippen molar-refractivity contribution in [3.63, 3.8) is 0 Å². The van der Waals surface area contributed by atoms with Crippen LogP contribution in [0.5, 0.6) is 5.75 Å². The second-order valence-corrected chi connectivity index (χ2v) is 7.03. The number of ether oxygens (including phenoxy) is 2. The van der Waals surface area contributed by atoms with Crippen LogP contribution in [-0.2, 0) is 14.3 Å². The van der Waals surface area contributed by atoms with Crippen LogP contribution in [-0.4, -0.2) is 42.1 Å². The number of ketones is 2. The molecule has 2 atom stereocenters. The molecule has 0 amide bonds. The standard InChI is InChI=1S/C22H28O5/c1-16(17(2)23)19-7-9-20(10-8-19)27-14-13-26-12-4-5-18-6-11-21(24)22(3,25)15-18/h6-11,15-16,25H,4-5,12-14H2,1-3H3. The minimum atomic E-state index is -1.39. The number of rotatable bonds is 10. The molecule has 1 aromatic carbocycles. The van der Waals surface area contributed by atoms with Gasteiger partial charge in [0.1, 0.15) is 23.7 Å². The summed E-state index contributed by atoms with van der Waals surface area (Å²) in [5, 5.41) is 9.93. The van der Waals surface area contributed by atoms with Crippen molar-refractivity contribution in [1.29, 1.82) is 0 Å². The fourth-order valence-corrected chi connectivity index (χ4v) is 2.77. The Morgan fingerprint density at radius 3 is 2.48 bits per heavy atom. The van der Waals surface area contributed by atoms with E-state index in [0.29, 0.717) is 19.8 Å². The Bertz CT molecular complexity index is 713. The van der Waals surface area contributed by atoms with Crippen LogP contribution in [0.1, 0.15) is 45.1 Å². The molecule has 0 saturated carbocycles. The average molecular weight is 372 g/mol. The first kappa shape index (κ1) is 21.1. The van der Waals surface area contributed by atoms with Gasteiger partial charge in [0.15, 0.2) is 5.78 Å². The van der Waals surface area contributed by atoms with E-state index >= 15 is 0 Å². The molecule has 0 radical (unpaired) electrons. The van der Waals surface area contributed by atoms with E-state index in [2.05, 4.69) is 0 Å². The predicted octanol–water partition coefficient (Wildman–Crippen LogP) is 3.37. The quantitative estimate of drug-likeness (QED) is 0.638. The van der Waals surface area contributed by atoms with Crippen molar-refractivity contribution in [2.75, 3.05) is 19.8 Å². The Morgan fingerprint density at radius 1 is 1.15 bits per heavy atom. The highest BCUT2D eigenvalue weighted by molar-refractivity contribution is 5.99. The zero-order chi connectivity index (χ0) is 19.9. The van der Waals surface area contributed by atoms with Crippen molar-refractivity contribution >= 4 is 11.6 Å². The highest BCUT2D eigenvalue weighted by Gasteiger charge is 2.27. The highest BCUT2D eigenvalue weighted by Crippen LogP contribution is 2.21. The van der Waals surface area contributed by atoms with Crippen molar-refractivity contribution in [2.24, 2.45) is 0 Å². The van der Waals surface area contributed by atoms with Gasteiger partial charge < -0.3 is 14.6 Å². The first-order valence-corrected chi connectivity index (χ1v) is 9.27. The molecule has 0 bridgehead atoms. The van der Waals surface area contributed by atoms with Gasteiger partial charge in [-0.1, -0.05) is 25.1 Å². The van der Waals surface area contributed by atoms with Crippen molar-refractivity contribution in [3.8, 4) is 5.75 Å². The fourth-order valence-electron chi connectivity index (χ4n) is 2.77. The van der Waals surface area contributed by atoms with Crippen LogP contribution >= 0.6 is 0 Å². The summed E-state index contributed by atoms with van der Waals surface area (Å²) < 4.78 is 11.2. The maximum absolute atomic E-state index is 11.5. The van der Waals surface area contributed by atoms with Crippen LogP contribution in [0.2, 0.25) is 0 Å². The predicted molar refractivity (Wildman–Crippen MR) is 104 cm³/mol. The largest absolute Gasteiger partial charge is 0.491 e. The number of hydrogen-bond donors (Lipinski definition) is 1. The molecule has 5 heteroatoms. The Kier molecular flexibility index (Phi) is 7.51. The number of benzene rings is 1. The Morgan fingerprint density at radius 2 is 1.85 bits per heavy atom. The lowest BCUT2D eigenvalue weighted by molar-refractivity contribution is -0.126. The SMILES string of the molecule is CC(=O)C(C)c1ccc(OCCOCCCC2=CC(C)(O)C(=O)C=C2)cc1. The Balaban J connectivity index is 1.61. The summed E-state index contributed by atoms with van der Waals surface area (Å²) in [5.74, 6) is 0.510. The van der Waals surface area contributed by atoms with Gasteiger partial charge in [-0.3, -0.25) is 9.59 Å². The molecule has 2 rings (SSSR count). The van der Waals surface area contributed by atoms with E-state index in [0.717, 1.165) is 29.7 Å². The number of hydrogen-bond acceptors (Lipinski definition) is 5. The lowest BCUT2D eigenvalue weighted by Crippen LogP contribution is -2.33.